The molecule has 1 aliphatic heterocycles. The zero-order valence-corrected chi connectivity index (χ0v) is 11.1. The van der Waals surface area contributed by atoms with Crippen molar-refractivity contribution in [3.8, 4) is 12.3 Å². The van der Waals surface area contributed by atoms with Crippen molar-refractivity contribution < 1.29 is 9.59 Å². The van der Waals surface area contributed by atoms with E-state index in [2.05, 4.69) is 5.92 Å². The number of amides is 2. The molecule has 1 heterocycles. The number of nitrogens with two attached hydrogens (primary N) is 1. The van der Waals surface area contributed by atoms with E-state index in [1.165, 1.54) is 0 Å². The van der Waals surface area contributed by atoms with Crippen LogP contribution in [0.2, 0.25) is 0 Å². The number of terminal acetylenes is 1. The van der Waals surface area contributed by atoms with Gasteiger partial charge in [0.2, 0.25) is 11.8 Å². The lowest BCUT2D eigenvalue weighted by atomic mass is 10.1. The van der Waals surface area contributed by atoms with E-state index < -0.39 is 6.04 Å². The van der Waals surface area contributed by atoms with Crippen LogP contribution in [0.25, 0.3) is 0 Å². The molecule has 0 aromatic heterocycles. The molecule has 18 heavy (non-hydrogen) atoms. The molecule has 0 spiro atoms. The first-order valence-electron chi connectivity index (χ1n) is 6.24. The summed E-state index contributed by atoms with van der Waals surface area (Å²) in [5.74, 6) is 2.40. The van der Waals surface area contributed by atoms with Gasteiger partial charge in [-0.3, -0.25) is 9.59 Å². The molecule has 2 amide bonds. The van der Waals surface area contributed by atoms with Crippen LogP contribution in [0.1, 0.15) is 20.3 Å². The van der Waals surface area contributed by atoms with Gasteiger partial charge < -0.3 is 15.5 Å². The third-order valence-electron chi connectivity index (χ3n) is 3.05. The Labute approximate surface area is 108 Å². The third kappa shape index (κ3) is 3.47. The number of rotatable bonds is 3. The summed E-state index contributed by atoms with van der Waals surface area (Å²) in [6, 6.07) is -0.623. The fraction of sp³-hybridized carbons (Fsp3) is 0.692. The number of hydrogen-bond donors (Lipinski definition) is 1. The Balaban J connectivity index is 2.47. The van der Waals surface area contributed by atoms with Crippen LogP contribution in [0.3, 0.4) is 0 Å². The van der Waals surface area contributed by atoms with Gasteiger partial charge in [-0.25, -0.2) is 0 Å². The lowest BCUT2D eigenvalue weighted by Crippen LogP contribution is -2.54. The molecule has 1 atom stereocenters. The smallest absolute Gasteiger partial charge is 0.240 e. The second-order valence-corrected chi connectivity index (χ2v) is 4.82. The lowest BCUT2D eigenvalue weighted by Gasteiger charge is -2.36. The van der Waals surface area contributed by atoms with Crippen molar-refractivity contribution in [2.45, 2.75) is 26.3 Å². The molecule has 0 aromatic carbocycles. The summed E-state index contributed by atoms with van der Waals surface area (Å²) in [5, 5.41) is 0. The molecular weight excluding hydrogens is 230 g/mol. The first kappa shape index (κ1) is 14.5. The fourth-order valence-corrected chi connectivity index (χ4v) is 1.96. The number of carbonyl (C=O) groups is 2. The summed E-state index contributed by atoms with van der Waals surface area (Å²) < 4.78 is 0. The normalized spacial score (nSPS) is 17.5. The Morgan fingerprint density at radius 1 is 1.17 bits per heavy atom. The van der Waals surface area contributed by atoms with Gasteiger partial charge in [0, 0.05) is 38.5 Å². The molecule has 1 saturated heterocycles. The molecule has 1 unspecified atom stereocenters. The minimum atomic E-state index is -0.623. The summed E-state index contributed by atoms with van der Waals surface area (Å²) in [4.78, 5) is 27.2. The van der Waals surface area contributed by atoms with E-state index >= 15 is 0 Å². The molecule has 2 N–H and O–H groups in total. The Kier molecular flexibility index (Phi) is 5.17. The van der Waals surface area contributed by atoms with Crippen LogP contribution in [0.15, 0.2) is 0 Å². The van der Waals surface area contributed by atoms with Crippen molar-refractivity contribution in [3.63, 3.8) is 0 Å². The fourth-order valence-electron chi connectivity index (χ4n) is 1.96. The maximum absolute atomic E-state index is 11.9. The number of piperazine rings is 1. The molecule has 0 saturated carbocycles. The first-order chi connectivity index (χ1) is 8.47. The molecule has 100 valence electrons. The molecule has 0 radical (unpaired) electrons. The van der Waals surface area contributed by atoms with Crippen molar-refractivity contribution in [1.82, 2.24) is 9.80 Å². The lowest BCUT2D eigenvalue weighted by molar-refractivity contribution is -0.142. The Morgan fingerprint density at radius 2 is 1.61 bits per heavy atom. The monoisotopic (exact) mass is 251 g/mol. The summed E-state index contributed by atoms with van der Waals surface area (Å²) in [7, 11) is 0. The third-order valence-corrected chi connectivity index (χ3v) is 3.05. The van der Waals surface area contributed by atoms with Crippen LogP contribution in [0, 0.1) is 18.3 Å². The first-order valence-corrected chi connectivity index (χ1v) is 6.24. The second-order valence-electron chi connectivity index (χ2n) is 4.82. The van der Waals surface area contributed by atoms with E-state index in [4.69, 9.17) is 12.2 Å². The minimum Gasteiger partial charge on any atom is -0.339 e. The van der Waals surface area contributed by atoms with Crippen LogP contribution in [-0.2, 0) is 9.59 Å². The topological polar surface area (TPSA) is 66.6 Å². The summed E-state index contributed by atoms with van der Waals surface area (Å²) >= 11 is 0. The van der Waals surface area contributed by atoms with E-state index in [9.17, 15) is 9.59 Å². The van der Waals surface area contributed by atoms with E-state index in [0.29, 0.717) is 26.2 Å². The van der Waals surface area contributed by atoms with E-state index in [-0.39, 0.29) is 24.2 Å². The highest BCUT2D eigenvalue weighted by atomic mass is 16.2. The van der Waals surface area contributed by atoms with Crippen LogP contribution in [0.4, 0.5) is 0 Å². The van der Waals surface area contributed by atoms with Crippen molar-refractivity contribution in [2.24, 2.45) is 11.7 Å². The standard InChI is InChI=1S/C13H21N3O2/c1-4-5-11(14)13(18)16-8-6-15(7-9-16)12(17)10(2)3/h1,10-11H,5-9,14H2,2-3H3. The van der Waals surface area contributed by atoms with Gasteiger partial charge in [0.1, 0.15) is 0 Å². The number of nitrogens with zero attached hydrogens (tertiary/aromatic N) is 2. The Hall–Kier alpha value is -1.54. The highest BCUT2D eigenvalue weighted by Crippen LogP contribution is 2.08. The molecular formula is C13H21N3O2. The van der Waals surface area contributed by atoms with E-state index in [1.54, 1.807) is 9.80 Å². The molecule has 0 aliphatic carbocycles. The van der Waals surface area contributed by atoms with Crippen LogP contribution in [0.5, 0.6) is 0 Å². The molecule has 5 nitrogen and oxygen atoms in total. The van der Waals surface area contributed by atoms with Gasteiger partial charge >= 0.3 is 0 Å². The van der Waals surface area contributed by atoms with E-state index in [0.717, 1.165) is 0 Å². The quantitative estimate of drug-likeness (QED) is 0.698. The van der Waals surface area contributed by atoms with Crippen LogP contribution >= 0.6 is 0 Å². The van der Waals surface area contributed by atoms with Gasteiger partial charge in [-0.15, -0.1) is 12.3 Å². The van der Waals surface area contributed by atoms with Gasteiger partial charge in [-0.1, -0.05) is 13.8 Å². The molecule has 1 rings (SSSR count). The highest BCUT2D eigenvalue weighted by Gasteiger charge is 2.27. The molecule has 1 fully saturated rings. The van der Waals surface area contributed by atoms with Crippen molar-refractivity contribution >= 4 is 11.8 Å². The predicted molar refractivity (Wildman–Crippen MR) is 69.4 cm³/mol. The van der Waals surface area contributed by atoms with Crippen molar-refractivity contribution in [3.05, 3.63) is 0 Å². The minimum absolute atomic E-state index is 0.00375. The van der Waals surface area contributed by atoms with E-state index in [1.807, 2.05) is 13.8 Å². The van der Waals surface area contributed by atoms with Crippen molar-refractivity contribution in [2.75, 3.05) is 26.2 Å². The van der Waals surface area contributed by atoms with Crippen LogP contribution in [-0.4, -0.2) is 53.8 Å². The summed E-state index contributed by atoms with van der Waals surface area (Å²) in [6.07, 6.45) is 5.39. The summed E-state index contributed by atoms with van der Waals surface area (Å²) in [6.45, 7) is 5.98. The highest BCUT2D eigenvalue weighted by molar-refractivity contribution is 5.83. The van der Waals surface area contributed by atoms with Gasteiger partial charge in [-0.05, 0) is 0 Å². The van der Waals surface area contributed by atoms with Gasteiger partial charge in [-0.2, -0.15) is 0 Å². The largest absolute Gasteiger partial charge is 0.339 e. The molecule has 0 aromatic rings. The summed E-state index contributed by atoms with van der Waals surface area (Å²) in [5.41, 5.74) is 5.69. The maximum atomic E-state index is 11.9. The van der Waals surface area contributed by atoms with Gasteiger partial charge in [0.15, 0.2) is 0 Å². The predicted octanol–water partition coefficient (Wildman–Crippen LogP) is -0.336. The second kappa shape index (κ2) is 6.41. The zero-order chi connectivity index (χ0) is 13.7. The molecule has 1 aliphatic rings. The zero-order valence-electron chi connectivity index (χ0n) is 11.1. The van der Waals surface area contributed by atoms with Gasteiger partial charge in [0.25, 0.3) is 0 Å². The van der Waals surface area contributed by atoms with Crippen molar-refractivity contribution in [1.29, 1.82) is 0 Å². The molecule has 5 heteroatoms. The Bertz CT molecular complexity index is 352. The Morgan fingerprint density at radius 3 is 2.00 bits per heavy atom. The maximum Gasteiger partial charge on any atom is 0.240 e. The SMILES string of the molecule is C#CCC(N)C(=O)N1CCN(C(=O)C(C)C)CC1. The van der Waals surface area contributed by atoms with Crippen LogP contribution < -0.4 is 5.73 Å². The number of hydrogen-bond acceptors (Lipinski definition) is 3. The van der Waals surface area contributed by atoms with Gasteiger partial charge in [0.05, 0.1) is 6.04 Å². The average Bonchev–Trinajstić information content (AvgIpc) is 2.37. The molecule has 0 bridgehead atoms. The average molecular weight is 251 g/mol. The number of carbonyl (C=O) groups excluding carboxylic acids is 2.